The van der Waals surface area contributed by atoms with E-state index in [-0.39, 0.29) is 6.10 Å². The Kier molecular flexibility index (Phi) is 5.06. The Labute approximate surface area is 173 Å². The van der Waals surface area contributed by atoms with Gasteiger partial charge >= 0.3 is 0 Å². The third kappa shape index (κ3) is 3.50. The van der Waals surface area contributed by atoms with Gasteiger partial charge in [0.15, 0.2) is 0 Å². The highest BCUT2D eigenvalue weighted by Crippen LogP contribution is 2.38. The minimum atomic E-state index is 0.138. The second kappa shape index (κ2) is 8.16. The molecule has 1 atom stereocenters. The maximum atomic E-state index is 5.89. The maximum Gasteiger partial charge on any atom is 0.263 e. The van der Waals surface area contributed by atoms with Crippen LogP contribution in [0.15, 0.2) is 57.9 Å². The molecule has 30 heavy (non-hydrogen) atoms. The van der Waals surface area contributed by atoms with Crippen molar-refractivity contribution in [3.63, 3.8) is 0 Å². The van der Waals surface area contributed by atoms with Gasteiger partial charge in [-0.2, -0.15) is 4.98 Å². The van der Waals surface area contributed by atoms with Crippen molar-refractivity contribution in [3.8, 4) is 17.0 Å². The number of para-hydroxylation sites is 1. The summed E-state index contributed by atoms with van der Waals surface area (Å²) in [6.45, 7) is 2.02. The molecule has 4 heterocycles. The largest absolute Gasteiger partial charge is 0.496 e. The van der Waals surface area contributed by atoms with Gasteiger partial charge in [0.1, 0.15) is 34.7 Å². The summed E-state index contributed by atoms with van der Waals surface area (Å²) in [5.41, 5.74) is 1.90. The highest BCUT2D eigenvalue weighted by molar-refractivity contribution is 5.99. The number of aromatic nitrogens is 3. The fourth-order valence-corrected chi connectivity index (χ4v) is 3.89. The zero-order valence-corrected chi connectivity index (χ0v) is 16.7. The van der Waals surface area contributed by atoms with E-state index in [1.54, 1.807) is 13.4 Å². The van der Waals surface area contributed by atoms with Crippen molar-refractivity contribution in [2.24, 2.45) is 0 Å². The lowest BCUT2D eigenvalue weighted by atomic mass is 10.1. The predicted octanol–water partition coefficient (Wildman–Crippen LogP) is 4.07. The first-order valence-electron chi connectivity index (χ1n) is 9.96. The van der Waals surface area contributed by atoms with E-state index in [4.69, 9.17) is 18.4 Å². The number of furan rings is 1. The van der Waals surface area contributed by atoms with Crippen LogP contribution in [-0.2, 0) is 11.3 Å². The Bertz CT molecular complexity index is 1120. The fourth-order valence-electron chi connectivity index (χ4n) is 3.89. The summed E-state index contributed by atoms with van der Waals surface area (Å²) in [5, 5.41) is 5.05. The average molecular weight is 406 g/mol. The first-order valence-corrected chi connectivity index (χ1v) is 9.96. The van der Waals surface area contributed by atoms with Gasteiger partial charge in [-0.3, -0.25) is 0 Å². The minimum absolute atomic E-state index is 0.138. The molecule has 8 nitrogen and oxygen atoms in total. The Morgan fingerprint density at radius 3 is 2.90 bits per heavy atom. The Morgan fingerprint density at radius 1 is 1.17 bits per heavy atom. The van der Waals surface area contributed by atoms with Gasteiger partial charge in [-0.05, 0) is 37.1 Å². The van der Waals surface area contributed by atoms with Gasteiger partial charge in [0, 0.05) is 18.7 Å². The number of fused-ring (bicyclic) bond motifs is 1. The molecule has 4 aromatic rings. The van der Waals surface area contributed by atoms with E-state index in [0.717, 1.165) is 42.0 Å². The van der Waals surface area contributed by atoms with Crippen LogP contribution in [0.5, 0.6) is 5.75 Å². The molecule has 0 amide bonds. The van der Waals surface area contributed by atoms with Crippen molar-refractivity contribution in [1.82, 2.24) is 15.1 Å². The van der Waals surface area contributed by atoms with E-state index in [9.17, 15) is 0 Å². The topological polar surface area (TPSA) is 86.7 Å². The third-order valence-electron chi connectivity index (χ3n) is 5.29. The summed E-state index contributed by atoms with van der Waals surface area (Å²) >= 11 is 0. The number of rotatable bonds is 7. The Hall–Kier alpha value is -3.39. The second-order valence-corrected chi connectivity index (χ2v) is 7.20. The van der Waals surface area contributed by atoms with Gasteiger partial charge in [-0.1, -0.05) is 17.3 Å². The van der Waals surface area contributed by atoms with Crippen molar-refractivity contribution in [3.05, 3.63) is 54.7 Å². The molecule has 1 aliphatic heterocycles. The van der Waals surface area contributed by atoms with E-state index in [2.05, 4.69) is 20.0 Å². The lowest BCUT2D eigenvalue weighted by Crippen LogP contribution is -2.32. The van der Waals surface area contributed by atoms with Crippen LogP contribution in [0.3, 0.4) is 0 Å². The van der Waals surface area contributed by atoms with Gasteiger partial charge in [0.05, 0.1) is 26.0 Å². The van der Waals surface area contributed by atoms with E-state index < -0.39 is 0 Å². The van der Waals surface area contributed by atoms with Crippen LogP contribution >= 0.6 is 0 Å². The van der Waals surface area contributed by atoms with Gasteiger partial charge in [0.2, 0.25) is 0 Å². The second-order valence-electron chi connectivity index (χ2n) is 7.20. The molecule has 1 fully saturated rings. The van der Waals surface area contributed by atoms with E-state index >= 15 is 0 Å². The summed E-state index contributed by atoms with van der Waals surface area (Å²) in [6, 6.07) is 11.5. The number of anilines is 1. The molecular formula is C22H22N4O4. The summed E-state index contributed by atoms with van der Waals surface area (Å²) in [5.74, 6) is 2.28. The average Bonchev–Trinajstić information content (AvgIpc) is 3.55. The highest BCUT2D eigenvalue weighted by atomic mass is 16.5. The number of ether oxygens (including phenoxy) is 2. The number of nitrogens with zero attached hydrogens (tertiary/aromatic N) is 4. The molecule has 0 N–H and O–H groups in total. The molecule has 0 unspecified atom stereocenters. The van der Waals surface area contributed by atoms with E-state index in [1.165, 1.54) is 6.33 Å². The first kappa shape index (κ1) is 18.6. The van der Waals surface area contributed by atoms with Crippen LogP contribution in [-0.4, -0.2) is 41.5 Å². The summed E-state index contributed by atoms with van der Waals surface area (Å²) < 4.78 is 22.6. The molecule has 0 radical (unpaired) electrons. The van der Waals surface area contributed by atoms with E-state index in [0.29, 0.717) is 30.2 Å². The normalized spacial score (nSPS) is 16.2. The fraction of sp³-hybridized carbons (Fsp3) is 0.318. The molecule has 1 saturated heterocycles. The van der Waals surface area contributed by atoms with Crippen molar-refractivity contribution >= 4 is 16.9 Å². The van der Waals surface area contributed by atoms with Crippen LogP contribution in [0.1, 0.15) is 18.6 Å². The molecule has 3 aromatic heterocycles. The van der Waals surface area contributed by atoms with Crippen molar-refractivity contribution < 1.29 is 18.4 Å². The molecule has 0 spiro atoms. The number of hydrogen-bond acceptors (Lipinski definition) is 8. The van der Waals surface area contributed by atoms with Crippen LogP contribution in [0.25, 0.3) is 22.4 Å². The molecule has 8 heteroatoms. The van der Waals surface area contributed by atoms with Gasteiger partial charge in [-0.25, -0.2) is 4.98 Å². The molecule has 1 aliphatic rings. The SMILES string of the molecule is COc1ccccc1-c1noc2ncnc(N(Cc3ccco3)C[C@@H]3CCCO3)c12. The van der Waals surface area contributed by atoms with Gasteiger partial charge < -0.3 is 23.3 Å². The molecule has 0 bridgehead atoms. The molecular weight excluding hydrogens is 384 g/mol. The quantitative estimate of drug-likeness (QED) is 0.454. The van der Waals surface area contributed by atoms with E-state index in [1.807, 2.05) is 36.4 Å². The van der Waals surface area contributed by atoms with Crippen LogP contribution in [0.4, 0.5) is 5.82 Å². The molecule has 5 rings (SSSR count). The van der Waals surface area contributed by atoms with Crippen molar-refractivity contribution in [2.75, 3.05) is 25.2 Å². The maximum absolute atomic E-state index is 5.89. The van der Waals surface area contributed by atoms with Crippen molar-refractivity contribution in [1.29, 1.82) is 0 Å². The van der Waals surface area contributed by atoms with Gasteiger partial charge in [-0.15, -0.1) is 0 Å². The van der Waals surface area contributed by atoms with Gasteiger partial charge in [0.25, 0.3) is 5.71 Å². The lowest BCUT2D eigenvalue weighted by Gasteiger charge is -2.26. The Morgan fingerprint density at radius 2 is 2.10 bits per heavy atom. The number of methoxy groups -OCH3 is 1. The number of hydrogen-bond donors (Lipinski definition) is 0. The third-order valence-corrected chi connectivity index (χ3v) is 5.29. The first-order chi connectivity index (χ1) is 14.8. The molecule has 0 saturated carbocycles. The van der Waals surface area contributed by atoms with Crippen molar-refractivity contribution in [2.45, 2.75) is 25.5 Å². The van der Waals surface area contributed by atoms with Crippen LogP contribution in [0.2, 0.25) is 0 Å². The summed E-state index contributed by atoms with van der Waals surface area (Å²) in [6.07, 6.45) is 5.40. The zero-order valence-electron chi connectivity index (χ0n) is 16.7. The monoisotopic (exact) mass is 406 g/mol. The molecule has 0 aliphatic carbocycles. The summed E-state index contributed by atoms with van der Waals surface area (Å²) in [4.78, 5) is 11.1. The predicted molar refractivity (Wildman–Crippen MR) is 110 cm³/mol. The minimum Gasteiger partial charge on any atom is -0.496 e. The molecule has 154 valence electrons. The Balaban J connectivity index is 1.62. The smallest absolute Gasteiger partial charge is 0.263 e. The van der Waals surface area contributed by atoms with Crippen LogP contribution in [0, 0.1) is 0 Å². The highest BCUT2D eigenvalue weighted by Gasteiger charge is 2.26. The zero-order chi connectivity index (χ0) is 20.3. The summed E-state index contributed by atoms with van der Waals surface area (Å²) in [7, 11) is 1.64. The standard InChI is InChI=1S/C22H22N4O4/c1-27-18-9-3-2-8-17(18)20-19-21(23-14-24-22(19)30-25-20)26(12-15-6-4-10-28-15)13-16-7-5-11-29-16/h2-4,6,8-10,14,16H,5,7,11-13H2,1H3/t16-/m0/s1. The molecule has 1 aromatic carbocycles. The van der Waals surface area contributed by atoms with Crippen LogP contribution < -0.4 is 9.64 Å². The lowest BCUT2D eigenvalue weighted by molar-refractivity contribution is 0.115. The number of benzene rings is 1.